The van der Waals surface area contributed by atoms with Crippen molar-refractivity contribution in [1.29, 1.82) is 0 Å². The first kappa shape index (κ1) is 14.5. The average molecular weight is 284 g/mol. The highest BCUT2D eigenvalue weighted by Gasteiger charge is 2.22. The number of rotatable bonds is 5. The lowest BCUT2D eigenvalue weighted by molar-refractivity contribution is 0.174. The molecule has 1 aromatic rings. The normalized spacial score (nSPS) is 14.2. The van der Waals surface area contributed by atoms with Gasteiger partial charge in [-0.3, -0.25) is 0 Å². The van der Waals surface area contributed by atoms with Crippen molar-refractivity contribution in [3.63, 3.8) is 0 Å². The Hall–Kier alpha value is -0.930. The molecule has 1 aliphatic heterocycles. The molecular formula is C15H22ClNO2. The molecule has 0 saturated carbocycles. The molecule has 106 valence electrons. The van der Waals surface area contributed by atoms with Crippen LogP contribution in [0.2, 0.25) is 5.02 Å². The smallest absolute Gasteiger partial charge is 0.231 e. The van der Waals surface area contributed by atoms with Gasteiger partial charge >= 0.3 is 0 Å². The van der Waals surface area contributed by atoms with Crippen molar-refractivity contribution in [2.45, 2.75) is 34.2 Å². The van der Waals surface area contributed by atoms with Gasteiger partial charge in [-0.25, -0.2) is 0 Å². The molecule has 19 heavy (non-hydrogen) atoms. The van der Waals surface area contributed by atoms with Crippen molar-refractivity contribution in [2.75, 3.05) is 13.3 Å². The first-order valence-corrected chi connectivity index (χ1v) is 7.06. The maximum atomic E-state index is 6.16. The van der Waals surface area contributed by atoms with Crippen LogP contribution in [0.3, 0.4) is 0 Å². The van der Waals surface area contributed by atoms with E-state index in [9.17, 15) is 0 Å². The highest BCUT2D eigenvalue weighted by atomic mass is 35.5. The van der Waals surface area contributed by atoms with E-state index in [1.54, 1.807) is 0 Å². The van der Waals surface area contributed by atoms with Gasteiger partial charge in [-0.05, 0) is 29.0 Å². The molecule has 0 radical (unpaired) electrons. The Balaban J connectivity index is 1.96. The first-order valence-electron chi connectivity index (χ1n) is 6.69. The van der Waals surface area contributed by atoms with Gasteiger partial charge in [0.25, 0.3) is 0 Å². The predicted octanol–water partition coefficient (Wildman–Crippen LogP) is 3.84. The third kappa shape index (κ3) is 3.34. The zero-order valence-electron chi connectivity index (χ0n) is 12.0. The molecule has 3 nitrogen and oxygen atoms in total. The number of hydrogen-bond donors (Lipinski definition) is 1. The molecule has 0 aromatic heterocycles. The number of benzene rings is 1. The Morgan fingerprint density at radius 2 is 2.05 bits per heavy atom. The van der Waals surface area contributed by atoms with Crippen LogP contribution in [-0.4, -0.2) is 13.3 Å². The summed E-state index contributed by atoms with van der Waals surface area (Å²) in [6.07, 6.45) is 0. The van der Waals surface area contributed by atoms with Crippen LogP contribution in [0, 0.1) is 11.3 Å². The van der Waals surface area contributed by atoms with Crippen molar-refractivity contribution in [1.82, 2.24) is 5.32 Å². The minimum absolute atomic E-state index is 0.256. The van der Waals surface area contributed by atoms with Crippen LogP contribution in [-0.2, 0) is 6.54 Å². The summed E-state index contributed by atoms with van der Waals surface area (Å²) in [5, 5.41) is 4.11. The highest BCUT2D eigenvalue weighted by Crippen LogP contribution is 2.39. The molecule has 0 atom stereocenters. The quantitative estimate of drug-likeness (QED) is 0.891. The second kappa shape index (κ2) is 5.59. The van der Waals surface area contributed by atoms with Crippen LogP contribution in [0.25, 0.3) is 0 Å². The summed E-state index contributed by atoms with van der Waals surface area (Å²) < 4.78 is 10.7. The number of ether oxygens (including phenoxy) is 2. The van der Waals surface area contributed by atoms with E-state index in [2.05, 4.69) is 33.0 Å². The molecule has 1 aliphatic rings. The summed E-state index contributed by atoms with van der Waals surface area (Å²) in [7, 11) is 0. The van der Waals surface area contributed by atoms with E-state index in [-0.39, 0.29) is 12.2 Å². The lowest BCUT2D eigenvalue weighted by Crippen LogP contribution is -2.33. The van der Waals surface area contributed by atoms with Crippen LogP contribution < -0.4 is 14.8 Å². The molecule has 0 amide bonds. The molecule has 1 N–H and O–H groups in total. The second-order valence-corrected chi connectivity index (χ2v) is 6.47. The molecular weight excluding hydrogens is 262 g/mol. The molecule has 4 heteroatoms. The van der Waals surface area contributed by atoms with Gasteiger partial charge in [-0.15, -0.1) is 0 Å². The van der Waals surface area contributed by atoms with E-state index in [1.807, 2.05) is 12.1 Å². The fourth-order valence-corrected chi connectivity index (χ4v) is 2.14. The van der Waals surface area contributed by atoms with Gasteiger partial charge in [0.1, 0.15) is 0 Å². The molecule has 1 aromatic carbocycles. The number of nitrogens with one attached hydrogen (secondary N) is 1. The van der Waals surface area contributed by atoms with Gasteiger partial charge in [-0.1, -0.05) is 39.3 Å². The third-order valence-electron chi connectivity index (χ3n) is 3.96. The van der Waals surface area contributed by atoms with Gasteiger partial charge in [0, 0.05) is 13.1 Å². The van der Waals surface area contributed by atoms with E-state index in [4.69, 9.17) is 21.1 Å². The SMILES string of the molecule is CC(C)C(C)(C)CNCc1cc(Cl)c2c(c1)OCO2. The van der Waals surface area contributed by atoms with Gasteiger partial charge in [0.2, 0.25) is 6.79 Å². The first-order chi connectivity index (χ1) is 8.90. The lowest BCUT2D eigenvalue weighted by Gasteiger charge is -2.29. The van der Waals surface area contributed by atoms with E-state index in [0.717, 1.165) is 24.4 Å². The van der Waals surface area contributed by atoms with Crippen molar-refractivity contribution < 1.29 is 9.47 Å². The predicted molar refractivity (Wildman–Crippen MR) is 77.9 cm³/mol. The van der Waals surface area contributed by atoms with Crippen LogP contribution in [0.15, 0.2) is 12.1 Å². The van der Waals surface area contributed by atoms with Gasteiger partial charge in [0.05, 0.1) is 5.02 Å². The van der Waals surface area contributed by atoms with E-state index in [0.29, 0.717) is 16.7 Å². The Bertz CT molecular complexity index is 458. The number of fused-ring (bicyclic) bond motifs is 1. The van der Waals surface area contributed by atoms with Gasteiger partial charge in [0.15, 0.2) is 11.5 Å². The molecule has 0 unspecified atom stereocenters. The summed E-state index contributed by atoms with van der Waals surface area (Å²) >= 11 is 6.16. The van der Waals surface area contributed by atoms with Crippen molar-refractivity contribution in [3.05, 3.63) is 22.7 Å². The summed E-state index contributed by atoms with van der Waals surface area (Å²) in [5.74, 6) is 2.04. The topological polar surface area (TPSA) is 30.5 Å². The highest BCUT2D eigenvalue weighted by molar-refractivity contribution is 6.32. The second-order valence-electron chi connectivity index (χ2n) is 6.06. The zero-order valence-corrected chi connectivity index (χ0v) is 12.8. The van der Waals surface area contributed by atoms with Crippen molar-refractivity contribution >= 4 is 11.6 Å². The van der Waals surface area contributed by atoms with Crippen LogP contribution in [0.5, 0.6) is 11.5 Å². The number of halogens is 1. The maximum Gasteiger partial charge on any atom is 0.231 e. The van der Waals surface area contributed by atoms with Gasteiger partial charge < -0.3 is 14.8 Å². The summed E-state index contributed by atoms with van der Waals surface area (Å²) in [5.41, 5.74) is 1.40. The van der Waals surface area contributed by atoms with E-state index < -0.39 is 0 Å². The minimum Gasteiger partial charge on any atom is -0.454 e. The zero-order chi connectivity index (χ0) is 14.0. The molecule has 0 saturated heterocycles. The maximum absolute atomic E-state index is 6.16. The van der Waals surface area contributed by atoms with Gasteiger partial charge in [-0.2, -0.15) is 0 Å². The fourth-order valence-electron chi connectivity index (χ4n) is 1.86. The van der Waals surface area contributed by atoms with Crippen molar-refractivity contribution in [2.24, 2.45) is 11.3 Å². The largest absolute Gasteiger partial charge is 0.454 e. The fraction of sp³-hybridized carbons (Fsp3) is 0.600. The van der Waals surface area contributed by atoms with E-state index in [1.165, 1.54) is 0 Å². The third-order valence-corrected chi connectivity index (χ3v) is 4.24. The van der Waals surface area contributed by atoms with E-state index >= 15 is 0 Å². The number of hydrogen-bond acceptors (Lipinski definition) is 3. The Labute approximate surface area is 120 Å². The van der Waals surface area contributed by atoms with Crippen molar-refractivity contribution in [3.8, 4) is 11.5 Å². The minimum atomic E-state index is 0.256. The Morgan fingerprint density at radius 1 is 1.32 bits per heavy atom. The van der Waals surface area contributed by atoms with Crippen LogP contribution in [0.4, 0.5) is 0 Å². The molecule has 2 rings (SSSR count). The lowest BCUT2D eigenvalue weighted by atomic mass is 9.81. The van der Waals surface area contributed by atoms with Crippen LogP contribution >= 0.6 is 11.6 Å². The molecule has 1 heterocycles. The standard InChI is InChI=1S/C15H22ClNO2/c1-10(2)15(3,4)8-17-7-11-5-12(16)14-13(6-11)18-9-19-14/h5-6,10,17H,7-9H2,1-4H3. The van der Waals surface area contributed by atoms with Crippen LogP contribution in [0.1, 0.15) is 33.3 Å². The molecule has 0 bridgehead atoms. The molecule has 0 fully saturated rings. The average Bonchev–Trinajstić information content (AvgIpc) is 2.77. The molecule has 0 spiro atoms. The Kier molecular flexibility index (Phi) is 4.26. The monoisotopic (exact) mass is 283 g/mol. The molecule has 0 aliphatic carbocycles. The Morgan fingerprint density at radius 3 is 2.74 bits per heavy atom. The summed E-state index contributed by atoms with van der Waals surface area (Å²) in [6, 6.07) is 3.92. The summed E-state index contributed by atoms with van der Waals surface area (Å²) in [4.78, 5) is 0. The summed E-state index contributed by atoms with van der Waals surface area (Å²) in [6.45, 7) is 11.1.